The summed E-state index contributed by atoms with van der Waals surface area (Å²) >= 11 is 0. The summed E-state index contributed by atoms with van der Waals surface area (Å²) in [6.45, 7) is 3.46. The van der Waals surface area contributed by atoms with Crippen molar-refractivity contribution in [1.29, 1.82) is 0 Å². The van der Waals surface area contributed by atoms with Gasteiger partial charge in [0.05, 0.1) is 12.2 Å². The van der Waals surface area contributed by atoms with Crippen molar-refractivity contribution in [3.8, 4) is 0 Å². The molecule has 19 heavy (non-hydrogen) atoms. The maximum Gasteiger partial charge on any atom is 0.0938 e. The van der Waals surface area contributed by atoms with Gasteiger partial charge in [0.2, 0.25) is 0 Å². The molecule has 1 saturated heterocycles. The number of nitrogens with one attached hydrogen (secondary N) is 1. The fraction of sp³-hybridized carbons (Fsp3) is 1.00. The number of rotatable bonds is 5. The van der Waals surface area contributed by atoms with Crippen LogP contribution in [0.5, 0.6) is 0 Å². The SMILES string of the molecule is OC1CN(CC2(CNC3CC3)CCCCC2)CC1O. The second-order valence-electron chi connectivity index (χ2n) is 7.04. The third-order valence-electron chi connectivity index (χ3n) is 5.15. The van der Waals surface area contributed by atoms with Crippen LogP contribution in [0.25, 0.3) is 0 Å². The van der Waals surface area contributed by atoms with Gasteiger partial charge in [0, 0.05) is 32.2 Å². The van der Waals surface area contributed by atoms with Crippen molar-refractivity contribution in [3.63, 3.8) is 0 Å². The van der Waals surface area contributed by atoms with Crippen molar-refractivity contribution >= 4 is 0 Å². The molecule has 2 atom stereocenters. The van der Waals surface area contributed by atoms with Crippen LogP contribution in [0.15, 0.2) is 0 Å². The maximum atomic E-state index is 9.70. The van der Waals surface area contributed by atoms with E-state index in [0.29, 0.717) is 18.5 Å². The normalized spacial score (nSPS) is 35.7. The first-order valence-electron chi connectivity index (χ1n) is 7.99. The molecular formula is C15H28N2O2. The topological polar surface area (TPSA) is 55.7 Å². The number of hydrogen-bond acceptors (Lipinski definition) is 4. The van der Waals surface area contributed by atoms with Crippen molar-refractivity contribution in [2.45, 2.75) is 63.2 Å². The fourth-order valence-corrected chi connectivity index (χ4v) is 3.79. The molecule has 0 aromatic heterocycles. The molecular weight excluding hydrogens is 240 g/mol. The monoisotopic (exact) mass is 268 g/mol. The van der Waals surface area contributed by atoms with E-state index in [-0.39, 0.29) is 0 Å². The third kappa shape index (κ3) is 3.48. The molecule has 2 saturated carbocycles. The molecule has 4 nitrogen and oxygen atoms in total. The quantitative estimate of drug-likeness (QED) is 0.688. The molecule has 4 heteroatoms. The van der Waals surface area contributed by atoms with Gasteiger partial charge in [-0.05, 0) is 31.1 Å². The summed E-state index contributed by atoms with van der Waals surface area (Å²) in [6.07, 6.45) is 8.25. The van der Waals surface area contributed by atoms with Crippen LogP contribution in [0.4, 0.5) is 0 Å². The highest BCUT2D eigenvalue weighted by atomic mass is 16.3. The third-order valence-corrected chi connectivity index (χ3v) is 5.15. The first kappa shape index (κ1) is 13.8. The standard InChI is InChI=1S/C15H28N2O2/c18-13-8-17(9-14(13)19)11-15(6-2-1-3-7-15)10-16-12-4-5-12/h12-14,16,18-19H,1-11H2. The van der Waals surface area contributed by atoms with Crippen LogP contribution in [0.2, 0.25) is 0 Å². The Labute approximate surface area is 116 Å². The molecule has 0 spiro atoms. The lowest BCUT2D eigenvalue weighted by molar-refractivity contribution is 0.0572. The first-order valence-corrected chi connectivity index (χ1v) is 7.99. The molecule has 110 valence electrons. The maximum absolute atomic E-state index is 9.70. The van der Waals surface area contributed by atoms with Gasteiger partial charge in [0.15, 0.2) is 0 Å². The van der Waals surface area contributed by atoms with E-state index in [1.807, 2.05) is 0 Å². The van der Waals surface area contributed by atoms with E-state index in [1.54, 1.807) is 0 Å². The van der Waals surface area contributed by atoms with Crippen molar-refractivity contribution in [3.05, 3.63) is 0 Å². The van der Waals surface area contributed by atoms with Crippen LogP contribution < -0.4 is 5.32 Å². The average Bonchev–Trinajstić information content (AvgIpc) is 3.16. The summed E-state index contributed by atoms with van der Waals surface area (Å²) in [4.78, 5) is 2.27. The van der Waals surface area contributed by atoms with Crippen LogP contribution in [-0.4, -0.2) is 59.5 Å². The van der Waals surface area contributed by atoms with Gasteiger partial charge in [-0.1, -0.05) is 19.3 Å². The van der Waals surface area contributed by atoms with E-state index in [9.17, 15) is 10.2 Å². The lowest BCUT2D eigenvalue weighted by Crippen LogP contribution is -2.45. The van der Waals surface area contributed by atoms with Gasteiger partial charge in [0.1, 0.15) is 0 Å². The molecule has 0 aromatic carbocycles. The Morgan fingerprint density at radius 3 is 2.21 bits per heavy atom. The molecule has 2 unspecified atom stereocenters. The van der Waals surface area contributed by atoms with Gasteiger partial charge in [-0.2, -0.15) is 0 Å². The van der Waals surface area contributed by atoms with Crippen molar-refractivity contribution in [2.24, 2.45) is 5.41 Å². The first-order chi connectivity index (χ1) is 9.17. The van der Waals surface area contributed by atoms with Gasteiger partial charge in [0.25, 0.3) is 0 Å². The van der Waals surface area contributed by atoms with Crippen LogP contribution in [0.1, 0.15) is 44.9 Å². The van der Waals surface area contributed by atoms with Crippen molar-refractivity contribution in [1.82, 2.24) is 10.2 Å². The zero-order valence-electron chi connectivity index (χ0n) is 11.9. The number of β-amino-alcohol motifs (C(OH)–C–C–N with tert-alkyl or cyclic N) is 2. The summed E-state index contributed by atoms with van der Waals surface area (Å²) in [7, 11) is 0. The molecule has 3 N–H and O–H groups in total. The Hall–Kier alpha value is -0.160. The van der Waals surface area contributed by atoms with Gasteiger partial charge < -0.3 is 15.5 Å². The minimum absolute atomic E-state index is 0.380. The van der Waals surface area contributed by atoms with E-state index < -0.39 is 12.2 Å². The molecule has 3 rings (SSSR count). The largest absolute Gasteiger partial charge is 0.389 e. The van der Waals surface area contributed by atoms with E-state index >= 15 is 0 Å². The molecule has 3 fully saturated rings. The Balaban J connectivity index is 1.57. The minimum atomic E-state index is -0.544. The van der Waals surface area contributed by atoms with E-state index in [4.69, 9.17) is 0 Å². The molecule has 3 aliphatic rings. The van der Waals surface area contributed by atoms with Gasteiger partial charge in [-0.15, -0.1) is 0 Å². The number of likely N-dealkylation sites (tertiary alicyclic amines) is 1. The zero-order valence-corrected chi connectivity index (χ0v) is 11.9. The molecule has 1 aliphatic heterocycles. The molecule has 0 aromatic rings. The Kier molecular flexibility index (Phi) is 4.13. The molecule has 0 radical (unpaired) electrons. The van der Waals surface area contributed by atoms with Crippen molar-refractivity contribution < 1.29 is 10.2 Å². The predicted octanol–water partition coefficient (Wildman–Crippen LogP) is 0.726. The highest BCUT2D eigenvalue weighted by Gasteiger charge is 2.39. The number of aliphatic hydroxyl groups excluding tert-OH is 2. The minimum Gasteiger partial charge on any atom is -0.389 e. The zero-order chi connectivity index (χ0) is 13.3. The van der Waals surface area contributed by atoms with Gasteiger partial charge in [-0.25, -0.2) is 0 Å². The summed E-state index contributed by atoms with van der Waals surface area (Å²) in [5, 5.41) is 23.1. The van der Waals surface area contributed by atoms with Gasteiger partial charge in [-0.3, -0.25) is 4.90 Å². The molecule has 0 amide bonds. The Morgan fingerprint density at radius 2 is 1.63 bits per heavy atom. The predicted molar refractivity (Wildman–Crippen MR) is 75.0 cm³/mol. The second-order valence-corrected chi connectivity index (χ2v) is 7.04. The summed E-state index contributed by atoms with van der Waals surface area (Å²) in [5.41, 5.74) is 0.380. The van der Waals surface area contributed by atoms with E-state index in [2.05, 4.69) is 10.2 Å². The molecule has 1 heterocycles. The summed E-state index contributed by atoms with van der Waals surface area (Å²) < 4.78 is 0. The highest BCUT2D eigenvalue weighted by Crippen LogP contribution is 2.38. The molecule has 0 bridgehead atoms. The summed E-state index contributed by atoms with van der Waals surface area (Å²) in [5.74, 6) is 0. The highest BCUT2D eigenvalue weighted by molar-refractivity contribution is 4.94. The summed E-state index contributed by atoms with van der Waals surface area (Å²) in [6, 6.07) is 0.772. The number of nitrogens with zero attached hydrogens (tertiary/aromatic N) is 1. The van der Waals surface area contributed by atoms with Crippen LogP contribution >= 0.6 is 0 Å². The van der Waals surface area contributed by atoms with E-state index in [0.717, 1.165) is 19.1 Å². The second kappa shape index (κ2) is 5.68. The van der Waals surface area contributed by atoms with Crippen molar-refractivity contribution in [2.75, 3.05) is 26.2 Å². The lowest BCUT2D eigenvalue weighted by atomic mass is 9.73. The Bertz CT molecular complexity index is 291. The van der Waals surface area contributed by atoms with Crippen LogP contribution in [0.3, 0.4) is 0 Å². The molecule has 2 aliphatic carbocycles. The van der Waals surface area contributed by atoms with Crippen LogP contribution in [0, 0.1) is 5.41 Å². The Morgan fingerprint density at radius 1 is 1.00 bits per heavy atom. The van der Waals surface area contributed by atoms with E-state index in [1.165, 1.54) is 44.9 Å². The van der Waals surface area contributed by atoms with Crippen LogP contribution in [-0.2, 0) is 0 Å². The number of hydrogen-bond donors (Lipinski definition) is 3. The lowest BCUT2D eigenvalue weighted by Gasteiger charge is -2.40. The van der Waals surface area contributed by atoms with Gasteiger partial charge >= 0.3 is 0 Å². The average molecular weight is 268 g/mol. The fourth-order valence-electron chi connectivity index (χ4n) is 3.79. The smallest absolute Gasteiger partial charge is 0.0938 e. The number of aliphatic hydroxyl groups is 2.